The number of esters is 1. The summed E-state index contributed by atoms with van der Waals surface area (Å²) in [6.07, 6.45) is -45.2. The number of aliphatic hydroxyl groups is 20. The first-order chi connectivity index (χ1) is 52.1. The Morgan fingerprint density at radius 1 is 0.514 bits per heavy atom. The van der Waals surface area contributed by atoms with Crippen LogP contribution in [0.1, 0.15) is 107 Å². The van der Waals surface area contributed by atoms with Gasteiger partial charge >= 0.3 is 5.97 Å². The zero-order valence-electron chi connectivity index (χ0n) is 63.2. The van der Waals surface area contributed by atoms with Crippen LogP contribution in [0.3, 0.4) is 0 Å². The molecule has 0 unspecified atom stereocenters. The summed E-state index contributed by atoms with van der Waals surface area (Å²) in [5.41, 5.74) is -10.7. The summed E-state index contributed by atoms with van der Waals surface area (Å²) in [5, 5.41) is 230. The molecule has 0 aromatic rings. The summed E-state index contributed by atoms with van der Waals surface area (Å²) in [7, 11) is 0. The monoisotopic (exact) mass is 1600 g/mol. The van der Waals surface area contributed by atoms with Gasteiger partial charge in [-0.3, -0.25) is 14.4 Å². The fourth-order valence-electron chi connectivity index (χ4n) is 20.9. The van der Waals surface area contributed by atoms with Crippen LogP contribution in [0.25, 0.3) is 0 Å². The average Bonchev–Trinajstić information content (AvgIpc) is 1.26. The van der Waals surface area contributed by atoms with Crippen molar-refractivity contribution >= 4 is 17.8 Å². The van der Waals surface area contributed by atoms with Crippen LogP contribution in [0.15, 0.2) is 11.6 Å². The number of allylic oxidation sites excluding steroid dienone is 1. The summed E-state index contributed by atoms with van der Waals surface area (Å²) in [5.74, 6) is -4.18. The van der Waals surface area contributed by atoms with Gasteiger partial charge in [0.1, 0.15) is 132 Å². The topological polar surface area (TPSA) is 609 Å². The second-order valence-corrected chi connectivity index (χ2v) is 34.7. The Kier molecular flexibility index (Phi) is 25.8. The molecular weight excluding hydrogens is 1480 g/mol. The molecule has 22 N–H and O–H groups in total. The van der Waals surface area contributed by atoms with Crippen molar-refractivity contribution in [2.24, 2.45) is 50.2 Å². The van der Waals surface area contributed by atoms with E-state index < -0.39 is 318 Å². The molecule has 7 heterocycles. The van der Waals surface area contributed by atoms with Crippen LogP contribution < -0.4 is 10.6 Å². The molecule has 0 radical (unpaired) electrons. The summed E-state index contributed by atoms with van der Waals surface area (Å²) < 4.78 is 84.8. The molecule has 0 bridgehead atoms. The minimum atomic E-state index is -2.17. The van der Waals surface area contributed by atoms with Crippen molar-refractivity contribution in [1.29, 1.82) is 0 Å². The molecule has 4 saturated carbocycles. The fourth-order valence-corrected chi connectivity index (χ4v) is 20.9. The van der Waals surface area contributed by atoms with Crippen LogP contribution in [0, 0.1) is 50.2 Å². The van der Waals surface area contributed by atoms with Gasteiger partial charge in [-0.05, 0) is 90.8 Å². The molecule has 0 aromatic heterocycles. The molecule has 0 spiro atoms. The Hall–Kier alpha value is -3.17. The lowest BCUT2D eigenvalue weighted by atomic mass is 9.32. The molecule has 11 fully saturated rings. The number of carbonyl (C=O) groups excluding carboxylic acids is 3. The molecule has 39 atom stereocenters. The predicted octanol–water partition coefficient (Wildman–Crippen LogP) is -8.80. The van der Waals surface area contributed by atoms with E-state index in [4.69, 9.17) is 66.3 Å². The second-order valence-electron chi connectivity index (χ2n) is 34.7. The number of hydrogen-bond donors (Lipinski definition) is 22. The van der Waals surface area contributed by atoms with Gasteiger partial charge in [-0.25, -0.2) is 0 Å². The highest BCUT2D eigenvalue weighted by atomic mass is 16.8. The van der Waals surface area contributed by atoms with Gasteiger partial charge in [-0.2, -0.15) is 0 Å². The van der Waals surface area contributed by atoms with Crippen molar-refractivity contribution in [3.05, 3.63) is 11.6 Å². The highest BCUT2D eigenvalue weighted by Gasteiger charge is 2.77. The molecule has 0 aromatic carbocycles. The van der Waals surface area contributed by atoms with E-state index in [1.807, 2.05) is 40.7 Å². The minimum Gasteiger partial charge on any atom is -0.432 e. The standard InChI is InChI=1S/C72H116N2O37/c1-28(80)73-40-50(107-59-48(90)42(84)32(82)20-98-59)45(87)35(19-76)103-57(40)100-22-36-46(88)51(108-60-49(91)43(85)33(83)21-99-60)41(74-29(2)81)58(105-36)106-39-12-13-67(7)37(66(39,5)6)11-14-68(8)38(67)10-9-30-31-17-65(3,4)15-16-71(31,53(92)54(93)72(30,68)25-79)64(96)110-61-52(47(89)44(86)34(18-75)104-61)109-62-56(95)70(24-78,27-102-62)111-63-55(94)69(97,23-77)26-101-63/h9,31-63,75-79,82-95,97H,10-27H2,1-8H3,(H,73,80)(H,74,81)/t31-,32+,33+,34+,35+,36+,37-,38+,39-,40+,41+,42-,43-,44+,45+,46+,47-,48+,49+,50+,51+,52+,53+,54-,55-,56-,57+,58-,59-,60-,61-,62-,63-,67-,68+,69+,70+,71+,72-/m0/s1. The molecule has 5 aliphatic carbocycles. The molecule has 39 heteroatoms. The SMILES string of the molecule is CC(=O)N[C@H]1[C@H](OC[C@H]2O[C@@H](O[C@H]3CC[C@]4(C)[C@H]5CC=C6[C@@H]7CC(C)(C)CC[C@]7(C(=O)O[C@@H]7O[C@H](CO)[C@@H](O)[C@H](O)[C@H]7O[C@@H]7OC[C@@](CO)(O[C@@H]8OC[C@](O)(CO)[C@H]8O)[C@H]7O)[C@H](O)[C@H](O)[C@@]6(CO)[C@]5(C)CC[C@H]4C3(C)C)[C@H](NC(C)=O)[C@@H](O[C@@H]3OC[C@@H](O)[C@H](O)[C@H]3O)[C@@H]2O)O[C@H](CO)[C@@H](O)[C@@H]1O[C@@H]1OC[C@@H](O)[C@H](O)[C@H]1O. The van der Waals surface area contributed by atoms with Crippen molar-refractivity contribution in [2.45, 2.75) is 302 Å². The summed E-state index contributed by atoms with van der Waals surface area (Å²) in [6, 6.07) is -3.00. The van der Waals surface area contributed by atoms with Crippen LogP contribution >= 0.6 is 0 Å². The Labute approximate surface area is 639 Å². The first-order valence-electron chi connectivity index (χ1n) is 38.2. The Bertz CT molecular complexity index is 3270. The van der Waals surface area contributed by atoms with Gasteiger partial charge in [0, 0.05) is 19.3 Å². The van der Waals surface area contributed by atoms with Crippen LogP contribution in [0.2, 0.25) is 0 Å². The molecule has 12 rings (SSSR count). The summed E-state index contributed by atoms with van der Waals surface area (Å²) in [6.45, 7) is 6.84. The maximum Gasteiger partial charge on any atom is 0.317 e. The Morgan fingerprint density at radius 3 is 1.64 bits per heavy atom. The van der Waals surface area contributed by atoms with Gasteiger partial charge in [0.25, 0.3) is 0 Å². The largest absolute Gasteiger partial charge is 0.432 e. The smallest absolute Gasteiger partial charge is 0.317 e. The molecule has 7 saturated heterocycles. The normalized spacial score (nSPS) is 51.6. The second kappa shape index (κ2) is 32.9. The molecule has 12 aliphatic rings. The summed E-state index contributed by atoms with van der Waals surface area (Å²) in [4.78, 5) is 42.1. The number of amides is 2. The lowest BCUT2D eigenvalue weighted by Crippen LogP contribution is -2.74. The van der Waals surface area contributed by atoms with Crippen molar-refractivity contribution < 1.29 is 183 Å². The van der Waals surface area contributed by atoms with E-state index in [0.717, 1.165) is 6.92 Å². The van der Waals surface area contributed by atoms with E-state index in [9.17, 15) is 112 Å². The number of aliphatic hydroxyl groups excluding tert-OH is 19. The van der Waals surface area contributed by atoms with E-state index in [1.165, 1.54) is 6.92 Å². The van der Waals surface area contributed by atoms with E-state index in [-0.39, 0.29) is 37.5 Å². The minimum absolute atomic E-state index is 0.107. The quantitative estimate of drug-likeness (QED) is 0.0272. The van der Waals surface area contributed by atoms with Crippen molar-refractivity contribution in [2.75, 3.05) is 66.1 Å². The number of hydrogen-bond acceptors (Lipinski definition) is 37. The molecule has 111 heavy (non-hydrogen) atoms. The fraction of sp³-hybridized carbons (Fsp3) is 0.931. The molecular formula is C72H116N2O37. The molecule has 636 valence electrons. The van der Waals surface area contributed by atoms with Gasteiger partial charge in [0.15, 0.2) is 43.8 Å². The highest BCUT2D eigenvalue weighted by molar-refractivity contribution is 5.80. The number of ether oxygens (including phenoxy) is 14. The zero-order chi connectivity index (χ0) is 81.1. The van der Waals surface area contributed by atoms with Crippen LogP contribution in [-0.4, -0.2) is 381 Å². The van der Waals surface area contributed by atoms with E-state index in [1.54, 1.807) is 0 Å². The van der Waals surface area contributed by atoms with E-state index >= 15 is 4.79 Å². The number of nitrogens with one attached hydrogen (secondary N) is 2. The average molecular weight is 1600 g/mol. The predicted molar refractivity (Wildman–Crippen MR) is 364 cm³/mol. The number of rotatable bonds is 22. The van der Waals surface area contributed by atoms with Gasteiger partial charge in [0.05, 0.1) is 84.4 Å². The maximum atomic E-state index is 15.8. The molecule has 2 amide bonds. The lowest BCUT2D eigenvalue weighted by molar-refractivity contribution is -0.353. The third kappa shape index (κ3) is 15.0. The van der Waals surface area contributed by atoms with Gasteiger partial charge in [-0.1, -0.05) is 53.2 Å². The summed E-state index contributed by atoms with van der Waals surface area (Å²) >= 11 is 0. The molecule has 7 aliphatic heterocycles. The third-order valence-electron chi connectivity index (χ3n) is 27.3. The third-order valence-corrected chi connectivity index (χ3v) is 27.3. The van der Waals surface area contributed by atoms with Gasteiger partial charge in [-0.15, -0.1) is 0 Å². The van der Waals surface area contributed by atoms with Gasteiger partial charge < -0.3 is 179 Å². The highest BCUT2D eigenvalue weighted by Crippen LogP contribution is 2.76. The van der Waals surface area contributed by atoms with Crippen LogP contribution in [0.5, 0.6) is 0 Å². The number of fused-ring (bicyclic) bond motifs is 7. The van der Waals surface area contributed by atoms with E-state index in [0.29, 0.717) is 31.3 Å². The lowest BCUT2D eigenvalue weighted by Gasteiger charge is -2.73. The maximum absolute atomic E-state index is 15.8. The first kappa shape index (κ1) is 87.2. The van der Waals surface area contributed by atoms with Crippen LogP contribution in [-0.2, 0) is 80.7 Å². The van der Waals surface area contributed by atoms with Crippen molar-refractivity contribution in [1.82, 2.24) is 10.6 Å². The van der Waals surface area contributed by atoms with Crippen molar-refractivity contribution in [3.63, 3.8) is 0 Å². The van der Waals surface area contributed by atoms with E-state index in [2.05, 4.69) is 17.6 Å². The first-order valence-corrected chi connectivity index (χ1v) is 38.2. The Morgan fingerprint density at radius 2 is 1.07 bits per heavy atom. The van der Waals surface area contributed by atoms with Gasteiger partial charge in [0.2, 0.25) is 18.1 Å². The number of carbonyl (C=O) groups is 3. The van der Waals surface area contributed by atoms with Crippen molar-refractivity contribution in [3.8, 4) is 0 Å². The zero-order valence-corrected chi connectivity index (χ0v) is 63.2. The van der Waals surface area contributed by atoms with Crippen LogP contribution in [0.4, 0.5) is 0 Å². The molecule has 39 nitrogen and oxygen atoms in total. The Balaban J connectivity index is 0.817.